The summed E-state index contributed by atoms with van der Waals surface area (Å²) in [4.78, 5) is 23.5. The van der Waals surface area contributed by atoms with Crippen molar-refractivity contribution in [1.29, 1.82) is 0 Å². The van der Waals surface area contributed by atoms with Crippen molar-refractivity contribution in [1.82, 2.24) is 5.32 Å². The van der Waals surface area contributed by atoms with Gasteiger partial charge in [0.15, 0.2) is 0 Å². The van der Waals surface area contributed by atoms with Gasteiger partial charge in [-0.05, 0) is 71.1 Å². The van der Waals surface area contributed by atoms with E-state index in [0.29, 0.717) is 34.9 Å². The number of benzene rings is 4. The van der Waals surface area contributed by atoms with Gasteiger partial charge < -0.3 is 19.9 Å². The molecule has 37 heavy (non-hydrogen) atoms. The van der Waals surface area contributed by atoms with Gasteiger partial charge in [0.05, 0.1) is 5.56 Å². The SMILES string of the molecule is O=C(O)Oc1ccc(-c2ccc(CCNC(=O)c3cc(Cl)ccc3OCc3cccc(F)c3)cc2)cc1. The van der Waals surface area contributed by atoms with E-state index in [1.807, 2.05) is 24.3 Å². The van der Waals surface area contributed by atoms with E-state index < -0.39 is 6.16 Å². The van der Waals surface area contributed by atoms with Crippen molar-refractivity contribution in [3.8, 4) is 22.6 Å². The first kappa shape index (κ1) is 25.7. The topological polar surface area (TPSA) is 84.9 Å². The minimum atomic E-state index is -1.35. The van der Waals surface area contributed by atoms with E-state index in [1.165, 1.54) is 12.1 Å². The fraction of sp³-hybridized carbons (Fsp3) is 0.103. The summed E-state index contributed by atoms with van der Waals surface area (Å²) in [6.07, 6.45) is -0.746. The monoisotopic (exact) mass is 519 g/mol. The molecule has 188 valence electrons. The van der Waals surface area contributed by atoms with Crippen LogP contribution in [0.25, 0.3) is 11.1 Å². The van der Waals surface area contributed by atoms with Gasteiger partial charge in [0, 0.05) is 11.6 Å². The molecule has 4 aromatic carbocycles. The molecule has 0 aliphatic heterocycles. The molecule has 0 unspecified atom stereocenters. The molecular formula is C29H23ClFNO5. The number of amides is 1. The van der Waals surface area contributed by atoms with Crippen LogP contribution in [-0.2, 0) is 13.0 Å². The smallest absolute Gasteiger partial charge is 0.488 e. The van der Waals surface area contributed by atoms with Gasteiger partial charge in [-0.25, -0.2) is 9.18 Å². The van der Waals surface area contributed by atoms with Crippen molar-refractivity contribution >= 4 is 23.7 Å². The Labute approximate surface area is 218 Å². The number of rotatable bonds is 9. The molecule has 0 atom stereocenters. The second-order valence-electron chi connectivity index (χ2n) is 8.15. The van der Waals surface area contributed by atoms with Gasteiger partial charge >= 0.3 is 6.16 Å². The fourth-order valence-corrected chi connectivity index (χ4v) is 3.86. The molecule has 0 saturated heterocycles. The summed E-state index contributed by atoms with van der Waals surface area (Å²) in [7, 11) is 0. The van der Waals surface area contributed by atoms with Crippen molar-refractivity contribution in [3.63, 3.8) is 0 Å². The largest absolute Gasteiger partial charge is 0.511 e. The summed E-state index contributed by atoms with van der Waals surface area (Å²) in [5.41, 5.74) is 3.87. The van der Waals surface area contributed by atoms with E-state index in [2.05, 4.69) is 10.1 Å². The van der Waals surface area contributed by atoms with Crippen LogP contribution >= 0.6 is 11.6 Å². The Hall–Kier alpha value is -4.36. The number of carboxylic acid groups (broad SMARTS) is 1. The van der Waals surface area contributed by atoms with Gasteiger partial charge in [0.1, 0.15) is 23.9 Å². The van der Waals surface area contributed by atoms with Crippen LogP contribution < -0.4 is 14.8 Å². The highest BCUT2D eigenvalue weighted by molar-refractivity contribution is 6.31. The van der Waals surface area contributed by atoms with Crippen LogP contribution in [0.4, 0.5) is 9.18 Å². The minimum absolute atomic E-state index is 0.112. The summed E-state index contributed by atoms with van der Waals surface area (Å²) in [5, 5.41) is 12.0. The van der Waals surface area contributed by atoms with Gasteiger partial charge in [0.25, 0.3) is 5.91 Å². The lowest BCUT2D eigenvalue weighted by Crippen LogP contribution is -2.26. The quantitative estimate of drug-likeness (QED) is 0.189. The third-order valence-electron chi connectivity index (χ3n) is 5.52. The molecule has 0 heterocycles. The Morgan fingerprint density at radius 1 is 0.865 bits per heavy atom. The number of hydrogen-bond donors (Lipinski definition) is 2. The lowest BCUT2D eigenvalue weighted by Gasteiger charge is -2.13. The zero-order valence-corrected chi connectivity index (χ0v) is 20.4. The Kier molecular flexibility index (Phi) is 8.38. The first-order valence-electron chi connectivity index (χ1n) is 11.4. The van der Waals surface area contributed by atoms with Gasteiger partial charge in [-0.15, -0.1) is 0 Å². The van der Waals surface area contributed by atoms with Gasteiger partial charge in [-0.1, -0.05) is 60.1 Å². The summed E-state index contributed by atoms with van der Waals surface area (Å²) in [5.74, 6) is -0.0652. The molecule has 0 bridgehead atoms. The van der Waals surface area contributed by atoms with E-state index in [0.717, 1.165) is 16.7 Å². The van der Waals surface area contributed by atoms with Crippen LogP contribution in [0.5, 0.6) is 11.5 Å². The van der Waals surface area contributed by atoms with Crippen LogP contribution in [0.2, 0.25) is 5.02 Å². The molecule has 6 nitrogen and oxygen atoms in total. The van der Waals surface area contributed by atoms with E-state index in [4.69, 9.17) is 21.4 Å². The highest BCUT2D eigenvalue weighted by atomic mass is 35.5. The lowest BCUT2D eigenvalue weighted by atomic mass is 10.0. The predicted molar refractivity (Wildman–Crippen MR) is 139 cm³/mol. The maximum atomic E-state index is 13.4. The van der Waals surface area contributed by atoms with Crippen molar-refractivity contribution < 1.29 is 28.6 Å². The Morgan fingerprint density at radius 3 is 2.24 bits per heavy atom. The zero-order valence-electron chi connectivity index (χ0n) is 19.6. The first-order valence-corrected chi connectivity index (χ1v) is 11.8. The molecule has 4 aromatic rings. The van der Waals surface area contributed by atoms with Crippen molar-refractivity contribution in [2.45, 2.75) is 13.0 Å². The molecule has 0 aliphatic carbocycles. The van der Waals surface area contributed by atoms with E-state index in [-0.39, 0.29) is 24.1 Å². The Bertz CT molecular complexity index is 1390. The predicted octanol–water partition coefficient (Wildman–Crippen LogP) is 6.75. The van der Waals surface area contributed by atoms with Crippen LogP contribution in [0.15, 0.2) is 91.0 Å². The van der Waals surface area contributed by atoms with E-state index >= 15 is 0 Å². The molecule has 1 amide bonds. The highest BCUT2D eigenvalue weighted by Crippen LogP contribution is 2.25. The molecule has 0 radical (unpaired) electrons. The number of halogens is 2. The Morgan fingerprint density at radius 2 is 1.57 bits per heavy atom. The molecule has 0 saturated carbocycles. The third kappa shape index (κ3) is 7.32. The second-order valence-corrected chi connectivity index (χ2v) is 8.59. The number of hydrogen-bond acceptors (Lipinski definition) is 4. The molecule has 0 aliphatic rings. The zero-order chi connectivity index (χ0) is 26.2. The first-order chi connectivity index (χ1) is 17.9. The van der Waals surface area contributed by atoms with E-state index in [9.17, 15) is 14.0 Å². The summed E-state index contributed by atoms with van der Waals surface area (Å²) >= 11 is 6.11. The standard InChI is InChI=1S/C29H23ClFNO5/c30-23-10-13-27(36-18-20-2-1-3-24(31)16-20)26(17-23)28(33)32-15-14-19-4-6-21(7-5-19)22-8-11-25(12-9-22)37-29(34)35/h1-13,16-17H,14-15,18H2,(H,32,33)(H,34,35). The molecule has 2 N–H and O–H groups in total. The molecule has 4 rings (SSSR count). The van der Waals surface area contributed by atoms with Crippen LogP contribution in [0.1, 0.15) is 21.5 Å². The normalized spacial score (nSPS) is 10.5. The highest BCUT2D eigenvalue weighted by Gasteiger charge is 2.14. The maximum Gasteiger partial charge on any atom is 0.511 e. The lowest BCUT2D eigenvalue weighted by molar-refractivity contribution is 0.0949. The summed E-state index contributed by atoms with van der Waals surface area (Å²) in [6, 6.07) is 25.5. The number of ether oxygens (including phenoxy) is 2. The van der Waals surface area contributed by atoms with Crippen molar-refractivity contribution in [2.24, 2.45) is 0 Å². The number of nitrogens with one attached hydrogen (secondary N) is 1. The third-order valence-corrected chi connectivity index (χ3v) is 5.75. The average Bonchev–Trinajstić information content (AvgIpc) is 2.88. The fourth-order valence-electron chi connectivity index (χ4n) is 3.69. The van der Waals surface area contributed by atoms with Crippen LogP contribution in [0, 0.1) is 5.82 Å². The second kappa shape index (κ2) is 12.1. The summed E-state index contributed by atoms with van der Waals surface area (Å²) in [6.45, 7) is 0.511. The minimum Gasteiger partial charge on any atom is -0.488 e. The summed E-state index contributed by atoms with van der Waals surface area (Å²) < 4.78 is 23.8. The van der Waals surface area contributed by atoms with Gasteiger partial charge in [0.2, 0.25) is 0 Å². The van der Waals surface area contributed by atoms with Crippen molar-refractivity contribution in [3.05, 3.63) is 119 Å². The molecule has 0 aromatic heterocycles. The van der Waals surface area contributed by atoms with Gasteiger partial charge in [-0.3, -0.25) is 4.79 Å². The van der Waals surface area contributed by atoms with Crippen LogP contribution in [-0.4, -0.2) is 23.7 Å². The van der Waals surface area contributed by atoms with Gasteiger partial charge in [-0.2, -0.15) is 0 Å². The maximum absolute atomic E-state index is 13.4. The van der Waals surface area contributed by atoms with Crippen molar-refractivity contribution in [2.75, 3.05) is 6.54 Å². The molecule has 8 heteroatoms. The number of carbonyl (C=O) groups excluding carboxylic acids is 1. The van der Waals surface area contributed by atoms with Crippen LogP contribution in [0.3, 0.4) is 0 Å². The molecule has 0 spiro atoms. The molecular weight excluding hydrogens is 497 g/mol. The average molecular weight is 520 g/mol. The Balaban J connectivity index is 1.33. The number of carbonyl (C=O) groups is 2. The van der Waals surface area contributed by atoms with E-state index in [1.54, 1.807) is 54.6 Å². The molecule has 0 fully saturated rings.